The molecule has 0 bridgehead atoms. The summed E-state index contributed by atoms with van der Waals surface area (Å²) in [6.07, 6.45) is -35.2. The first-order chi connectivity index (χ1) is 29.8. The van der Waals surface area contributed by atoms with Crippen molar-refractivity contribution < 1.29 is 114 Å². The maximum Gasteiger partial charge on any atom is 0.239 e. The lowest BCUT2D eigenvalue weighted by molar-refractivity contribution is -0.379. The standard InChI is InChI=1S/C39H50O24/c1-11-21(44)26(49)29(52)36(56-11)55-10-19-24(47)28(51)35(63-38-31(54)33(22(45)12(2)57-38)61-37-30(53)27(50)23(46)18(9-40)59-37)39(60-19)62-34-25(48)20-16(43)7-15(42)8-17(20)58-32(34)13-3-5-14(41)6-4-13/h3-8,11-12,18-19,21-24,26-31,33,35-47,49-54H,9-10H2,1-2H3. The van der Waals surface area contributed by atoms with E-state index in [1.54, 1.807) is 0 Å². The third-order valence-corrected chi connectivity index (χ3v) is 11.4. The number of phenolic OH excluding ortho intramolecular Hbond substituents is 3. The predicted molar refractivity (Wildman–Crippen MR) is 202 cm³/mol. The fourth-order valence-electron chi connectivity index (χ4n) is 7.68. The van der Waals surface area contributed by atoms with Crippen LogP contribution in [-0.2, 0) is 33.2 Å². The summed E-state index contributed by atoms with van der Waals surface area (Å²) >= 11 is 0. The van der Waals surface area contributed by atoms with Crippen molar-refractivity contribution in [3.05, 3.63) is 46.6 Å². The molecule has 20 unspecified atom stereocenters. The summed E-state index contributed by atoms with van der Waals surface area (Å²) in [5.41, 5.74) is -1.32. The Labute approximate surface area is 355 Å². The molecule has 4 fully saturated rings. The molecule has 4 saturated heterocycles. The minimum absolute atomic E-state index is 0.0821. The summed E-state index contributed by atoms with van der Waals surface area (Å²) in [6.45, 7) is 1.14. The number of aliphatic hydroxyl groups excluding tert-OH is 11. The average molecular weight is 903 g/mol. The molecule has 0 radical (unpaired) electrons. The second-order valence-corrected chi connectivity index (χ2v) is 15.7. The summed E-state index contributed by atoms with van der Waals surface area (Å²) in [5.74, 6) is -2.53. The molecule has 20 atom stereocenters. The van der Waals surface area contributed by atoms with E-state index >= 15 is 0 Å². The Kier molecular flexibility index (Phi) is 14.1. The zero-order valence-electron chi connectivity index (χ0n) is 33.3. The molecular weight excluding hydrogens is 852 g/mol. The topological polar surface area (TPSA) is 387 Å². The van der Waals surface area contributed by atoms with Crippen molar-refractivity contribution in [2.75, 3.05) is 13.2 Å². The van der Waals surface area contributed by atoms with Gasteiger partial charge in [-0.3, -0.25) is 4.79 Å². The van der Waals surface area contributed by atoms with Crippen molar-refractivity contribution in [1.29, 1.82) is 0 Å². The van der Waals surface area contributed by atoms with E-state index in [-0.39, 0.29) is 22.7 Å². The molecule has 24 heteroatoms. The molecule has 63 heavy (non-hydrogen) atoms. The zero-order valence-corrected chi connectivity index (χ0v) is 33.3. The summed E-state index contributed by atoms with van der Waals surface area (Å²) in [6, 6.07) is 6.97. The minimum Gasteiger partial charge on any atom is -0.508 e. The van der Waals surface area contributed by atoms with Crippen LogP contribution in [0.25, 0.3) is 22.3 Å². The fraction of sp³-hybridized carbons (Fsp3) is 0.615. The Morgan fingerprint density at radius 1 is 0.571 bits per heavy atom. The molecule has 7 rings (SSSR count). The lowest BCUT2D eigenvalue weighted by Crippen LogP contribution is -2.66. The molecule has 350 valence electrons. The molecule has 0 amide bonds. The molecule has 24 nitrogen and oxygen atoms in total. The summed E-state index contributed by atoms with van der Waals surface area (Å²) < 4.78 is 52.0. The molecule has 5 heterocycles. The molecule has 2 aromatic carbocycles. The second-order valence-electron chi connectivity index (χ2n) is 15.7. The van der Waals surface area contributed by atoms with Crippen molar-refractivity contribution >= 4 is 11.0 Å². The van der Waals surface area contributed by atoms with Crippen molar-refractivity contribution in [2.24, 2.45) is 0 Å². The molecular formula is C39H50O24. The third kappa shape index (κ3) is 9.19. The number of phenols is 3. The second kappa shape index (κ2) is 18.9. The van der Waals surface area contributed by atoms with E-state index in [9.17, 15) is 76.3 Å². The first-order valence-corrected chi connectivity index (χ1v) is 19.8. The summed E-state index contributed by atoms with van der Waals surface area (Å²) in [5, 5.41) is 148. The highest BCUT2D eigenvalue weighted by Gasteiger charge is 2.54. The lowest BCUT2D eigenvalue weighted by atomic mass is 9.96. The number of ether oxygens (including phenoxy) is 8. The van der Waals surface area contributed by atoms with Crippen LogP contribution < -0.4 is 10.2 Å². The third-order valence-electron chi connectivity index (χ3n) is 11.4. The van der Waals surface area contributed by atoms with Gasteiger partial charge in [0, 0.05) is 17.7 Å². The monoisotopic (exact) mass is 902 g/mol. The smallest absolute Gasteiger partial charge is 0.239 e. The maximum atomic E-state index is 14.3. The number of aromatic hydroxyl groups is 3. The van der Waals surface area contributed by atoms with Gasteiger partial charge in [0.25, 0.3) is 0 Å². The van der Waals surface area contributed by atoms with Crippen molar-refractivity contribution in [2.45, 2.75) is 137 Å². The van der Waals surface area contributed by atoms with Crippen LogP contribution in [0, 0.1) is 0 Å². The van der Waals surface area contributed by atoms with Crippen molar-refractivity contribution in [3.8, 4) is 34.3 Å². The van der Waals surface area contributed by atoms with Gasteiger partial charge in [0.2, 0.25) is 17.5 Å². The molecule has 1 aromatic heterocycles. The van der Waals surface area contributed by atoms with E-state index in [0.717, 1.165) is 12.1 Å². The van der Waals surface area contributed by atoms with E-state index in [1.807, 2.05) is 0 Å². The zero-order chi connectivity index (χ0) is 45.8. The van der Waals surface area contributed by atoms with Crippen LogP contribution in [0.2, 0.25) is 0 Å². The van der Waals surface area contributed by atoms with Crippen LogP contribution in [0.15, 0.2) is 45.6 Å². The van der Waals surface area contributed by atoms with Crippen LogP contribution >= 0.6 is 0 Å². The summed E-state index contributed by atoms with van der Waals surface area (Å²) in [4.78, 5) is 14.3. The number of hydrogen-bond donors (Lipinski definition) is 14. The Bertz CT molecular complexity index is 2080. The van der Waals surface area contributed by atoms with Crippen LogP contribution in [0.3, 0.4) is 0 Å². The van der Waals surface area contributed by atoms with Crippen LogP contribution in [0.4, 0.5) is 0 Å². The minimum atomic E-state index is -2.13. The largest absolute Gasteiger partial charge is 0.508 e. The van der Waals surface area contributed by atoms with Gasteiger partial charge >= 0.3 is 0 Å². The highest BCUT2D eigenvalue weighted by atomic mass is 16.8. The van der Waals surface area contributed by atoms with Gasteiger partial charge in [-0.2, -0.15) is 0 Å². The van der Waals surface area contributed by atoms with Gasteiger partial charge in [-0.25, -0.2) is 0 Å². The first kappa shape index (κ1) is 47.1. The van der Waals surface area contributed by atoms with Gasteiger partial charge in [-0.05, 0) is 38.1 Å². The van der Waals surface area contributed by atoms with Gasteiger partial charge in [0.1, 0.15) is 108 Å². The molecule has 14 N–H and O–H groups in total. The number of fused-ring (bicyclic) bond motifs is 1. The van der Waals surface area contributed by atoms with E-state index < -0.39 is 164 Å². The Morgan fingerprint density at radius 2 is 1.14 bits per heavy atom. The highest BCUT2D eigenvalue weighted by Crippen LogP contribution is 2.39. The maximum absolute atomic E-state index is 14.3. The number of benzene rings is 2. The lowest BCUT2D eigenvalue weighted by Gasteiger charge is -2.48. The van der Waals surface area contributed by atoms with Crippen LogP contribution in [0.5, 0.6) is 23.0 Å². The van der Waals surface area contributed by atoms with Gasteiger partial charge in [-0.15, -0.1) is 0 Å². The SMILES string of the molecule is CC1OC(OCC2OC(Oc3c(-c4ccc(O)cc4)oc4cc(O)cc(O)c4c3=O)C(OC3OC(C)C(O)C(OC4OC(CO)C(O)C(O)C4O)C3O)C(O)C2O)C(O)C(O)C1O. The average Bonchev–Trinajstić information content (AvgIpc) is 3.24. The normalized spacial score (nSPS) is 41.1. The molecule has 0 spiro atoms. The number of aliphatic hydroxyl groups is 11. The molecule has 0 saturated carbocycles. The van der Waals surface area contributed by atoms with Crippen LogP contribution in [-0.4, -0.2) is 208 Å². The van der Waals surface area contributed by atoms with E-state index in [0.29, 0.717) is 0 Å². The molecule has 4 aliphatic rings. The Balaban J connectivity index is 1.23. The Hall–Kier alpha value is -3.87. The van der Waals surface area contributed by atoms with E-state index in [4.69, 9.17) is 42.3 Å². The molecule has 0 aliphatic carbocycles. The summed E-state index contributed by atoms with van der Waals surface area (Å²) in [7, 11) is 0. The first-order valence-electron chi connectivity index (χ1n) is 19.8. The van der Waals surface area contributed by atoms with Gasteiger partial charge in [0.05, 0.1) is 25.4 Å². The molecule has 3 aromatic rings. The van der Waals surface area contributed by atoms with E-state index in [1.165, 1.54) is 38.1 Å². The molecule has 4 aliphatic heterocycles. The fourth-order valence-corrected chi connectivity index (χ4v) is 7.68. The quantitative estimate of drug-likeness (QED) is 0.0859. The van der Waals surface area contributed by atoms with Crippen molar-refractivity contribution in [1.82, 2.24) is 0 Å². The highest BCUT2D eigenvalue weighted by molar-refractivity contribution is 5.88. The van der Waals surface area contributed by atoms with Gasteiger partial charge in [0.15, 0.2) is 30.7 Å². The number of rotatable bonds is 11. The van der Waals surface area contributed by atoms with E-state index in [2.05, 4.69) is 0 Å². The predicted octanol–water partition coefficient (Wildman–Crippen LogP) is -4.72. The van der Waals surface area contributed by atoms with Gasteiger partial charge in [-0.1, -0.05) is 0 Å². The number of hydrogen-bond acceptors (Lipinski definition) is 24. The van der Waals surface area contributed by atoms with Crippen molar-refractivity contribution in [3.63, 3.8) is 0 Å². The Morgan fingerprint density at radius 3 is 1.83 bits per heavy atom. The van der Waals surface area contributed by atoms with Gasteiger partial charge < -0.3 is 114 Å². The van der Waals surface area contributed by atoms with Crippen LogP contribution in [0.1, 0.15) is 13.8 Å².